The number of nitrogens with zero attached hydrogens (tertiary/aromatic N) is 3. The molecule has 1 aromatic carbocycles. The van der Waals surface area contributed by atoms with Crippen molar-refractivity contribution < 1.29 is 0 Å². The maximum Gasteiger partial charge on any atom is 0.224 e. The normalized spacial score (nSPS) is 10.9. The summed E-state index contributed by atoms with van der Waals surface area (Å²) >= 11 is 3.14. The Bertz CT molecular complexity index is 708. The van der Waals surface area contributed by atoms with Crippen molar-refractivity contribution in [3.8, 4) is 11.4 Å². The Hall–Kier alpha value is -1.66. The number of thioether (sulfide) groups is 1. The molecule has 18 heavy (non-hydrogen) atoms. The average molecular weight is 274 g/mol. The smallest absolute Gasteiger partial charge is 0.224 e. The number of aromatic nitrogens is 3. The number of nitrogen functional groups attached to an aromatic ring is 1. The molecule has 0 amide bonds. The summed E-state index contributed by atoms with van der Waals surface area (Å²) in [5.74, 6) is 0.906. The van der Waals surface area contributed by atoms with Gasteiger partial charge >= 0.3 is 0 Å². The molecule has 0 fully saturated rings. The van der Waals surface area contributed by atoms with E-state index in [0.29, 0.717) is 11.0 Å². The fraction of sp³-hybridized carbons (Fsp3) is 0.0833. The molecule has 0 aliphatic carbocycles. The molecule has 4 nitrogen and oxygen atoms in total. The molecule has 3 rings (SSSR count). The van der Waals surface area contributed by atoms with Gasteiger partial charge in [0.05, 0.1) is 0 Å². The van der Waals surface area contributed by atoms with Gasteiger partial charge in [-0.05, 0) is 12.3 Å². The zero-order valence-electron chi connectivity index (χ0n) is 9.62. The van der Waals surface area contributed by atoms with Crippen LogP contribution >= 0.6 is 23.1 Å². The highest BCUT2D eigenvalue weighted by molar-refractivity contribution is 7.98. The molecule has 0 bridgehead atoms. The summed E-state index contributed by atoms with van der Waals surface area (Å²) < 4.78 is 1.22. The Balaban J connectivity index is 2.22. The lowest BCUT2D eigenvalue weighted by Gasteiger charge is -2.02. The molecule has 0 atom stereocenters. The van der Waals surface area contributed by atoms with E-state index in [2.05, 4.69) is 32.5 Å². The van der Waals surface area contributed by atoms with Gasteiger partial charge in [-0.15, -0.1) is 11.3 Å². The third-order valence-electron chi connectivity index (χ3n) is 2.54. The molecule has 0 unspecified atom stereocenters. The van der Waals surface area contributed by atoms with Gasteiger partial charge < -0.3 is 5.73 Å². The van der Waals surface area contributed by atoms with Crippen molar-refractivity contribution in [1.82, 2.24) is 15.0 Å². The van der Waals surface area contributed by atoms with E-state index in [4.69, 9.17) is 5.73 Å². The SMILES string of the molecule is CSc1nc(N)nc(-c2csc3ccccc23)n1. The molecule has 90 valence electrons. The van der Waals surface area contributed by atoms with Crippen LogP contribution < -0.4 is 5.73 Å². The molecule has 0 radical (unpaired) electrons. The number of fused-ring (bicyclic) bond motifs is 1. The first-order valence-electron chi connectivity index (χ1n) is 5.30. The molecule has 0 spiro atoms. The molecule has 0 saturated carbocycles. The van der Waals surface area contributed by atoms with Crippen LogP contribution in [0.5, 0.6) is 0 Å². The van der Waals surface area contributed by atoms with E-state index in [1.54, 1.807) is 11.3 Å². The van der Waals surface area contributed by atoms with Crippen molar-refractivity contribution in [2.24, 2.45) is 0 Å². The first-order chi connectivity index (χ1) is 8.78. The quantitative estimate of drug-likeness (QED) is 0.728. The predicted molar refractivity (Wildman–Crippen MR) is 76.8 cm³/mol. The fourth-order valence-corrected chi connectivity index (χ4v) is 3.04. The van der Waals surface area contributed by atoms with Crippen LogP contribution in [0.1, 0.15) is 0 Å². The Morgan fingerprint density at radius 1 is 1.17 bits per heavy atom. The van der Waals surface area contributed by atoms with Crippen molar-refractivity contribution >= 4 is 39.1 Å². The van der Waals surface area contributed by atoms with Crippen LogP contribution in [0.2, 0.25) is 0 Å². The van der Waals surface area contributed by atoms with E-state index < -0.39 is 0 Å². The molecule has 0 saturated heterocycles. The summed E-state index contributed by atoms with van der Waals surface area (Å²) in [6.45, 7) is 0. The minimum absolute atomic E-state index is 0.264. The standard InChI is InChI=1S/C12H10N4S2/c1-17-12-15-10(14-11(13)16-12)8-6-18-9-5-3-2-4-7(8)9/h2-6H,1H3,(H2,13,14,15,16). The molecule has 0 aliphatic rings. The van der Waals surface area contributed by atoms with Crippen LogP contribution in [0.25, 0.3) is 21.5 Å². The third kappa shape index (κ3) is 1.93. The van der Waals surface area contributed by atoms with Gasteiger partial charge in [0, 0.05) is 21.0 Å². The van der Waals surface area contributed by atoms with E-state index in [0.717, 1.165) is 10.9 Å². The predicted octanol–water partition coefficient (Wildman–Crippen LogP) is 3.06. The Labute approximate surface area is 112 Å². The molecule has 2 N–H and O–H groups in total. The van der Waals surface area contributed by atoms with Gasteiger partial charge in [-0.3, -0.25) is 0 Å². The summed E-state index contributed by atoms with van der Waals surface area (Å²) in [6.07, 6.45) is 1.92. The number of hydrogen-bond acceptors (Lipinski definition) is 6. The maximum atomic E-state index is 5.71. The van der Waals surface area contributed by atoms with Crippen LogP contribution in [0.3, 0.4) is 0 Å². The Morgan fingerprint density at radius 2 is 2.00 bits per heavy atom. The molecular formula is C12H10N4S2. The summed E-state index contributed by atoms with van der Waals surface area (Å²) in [7, 11) is 0. The van der Waals surface area contributed by atoms with Gasteiger partial charge in [-0.25, -0.2) is 4.98 Å². The first-order valence-corrected chi connectivity index (χ1v) is 7.40. The minimum atomic E-state index is 0.264. The molecule has 2 aromatic heterocycles. The van der Waals surface area contributed by atoms with Crippen LogP contribution in [0.15, 0.2) is 34.8 Å². The van der Waals surface area contributed by atoms with Crippen molar-refractivity contribution in [2.45, 2.75) is 5.16 Å². The number of nitrogens with two attached hydrogens (primary N) is 1. The average Bonchev–Trinajstić information content (AvgIpc) is 2.81. The highest BCUT2D eigenvalue weighted by atomic mass is 32.2. The van der Waals surface area contributed by atoms with E-state index in [1.807, 2.05) is 18.4 Å². The van der Waals surface area contributed by atoms with Crippen LogP contribution in [0.4, 0.5) is 5.95 Å². The highest BCUT2D eigenvalue weighted by Gasteiger charge is 2.11. The lowest BCUT2D eigenvalue weighted by molar-refractivity contribution is 0.929. The van der Waals surface area contributed by atoms with Crippen LogP contribution in [-0.4, -0.2) is 21.2 Å². The van der Waals surface area contributed by atoms with E-state index >= 15 is 0 Å². The topological polar surface area (TPSA) is 64.7 Å². The lowest BCUT2D eigenvalue weighted by Crippen LogP contribution is -2.00. The fourth-order valence-electron chi connectivity index (χ4n) is 1.73. The van der Waals surface area contributed by atoms with Crippen LogP contribution in [-0.2, 0) is 0 Å². The van der Waals surface area contributed by atoms with E-state index in [-0.39, 0.29) is 5.95 Å². The number of thiophene rings is 1. The second-order valence-electron chi connectivity index (χ2n) is 3.65. The molecular weight excluding hydrogens is 264 g/mol. The van der Waals surface area contributed by atoms with Gasteiger partial charge in [0.25, 0.3) is 0 Å². The highest BCUT2D eigenvalue weighted by Crippen LogP contribution is 2.32. The Morgan fingerprint density at radius 3 is 2.83 bits per heavy atom. The monoisotopic (exact) mass is 274 g/mol. The second-order valence-corrected chi connectivity index (χ2v) is 5.33. The minimum Gasteiger partial charge on any atom is -0.368 e. The second kappa shape index (κ2) is 4.55. The van der Waals surface area contributed by atoms with Crippen molar-refractivity contribution in [2.75, 3.05) is 12.0 Å². The van der Waals surface area contributed by atoms with E-state index in [9.17, 15) is 0 Å². The van der Waals surface area contributed by atoms with Gasteiger partial charge in [-0.1, -0.05) is 30.0 Å². The lowest BCUT2D eigenvalue weighted by atomic mass is 10.2. The van der Waals surface area contributed by atoms with Gasteiger partial charge in [0.2, 0.25) is 5.95 Å². The van der Waals surface area contributed by atoms with Crippen molar-refractivity contribution in [1.29, 1.82) is 0 Å². The third-order valence-corrected chi connectivity index (χ3v) is 4.05. The van der Waals surface area contributed by atoms with Crippen LogP contribution in [0, 0.1) is 0 Å². The zero-order valence-corrected chi connectivity index (χ0v) is 11.3. The summed E-state index contributed by atoms with van der Waals surface area (Å²) in [5, 5.41) is 3.86. The summed E-state index contributed by atoms with van der Waals surface area (Å²) in [5.41, 5.74) is 6.73. The number of anilines is 1. The van der Waals surface area contributed by atoms with Gasteiger partial charge in [0.1, 0.15) is 0 Å². The number of benzene rings is 1. The van der Waals surface area contributed by atoms with Gasteiger partial charge in [0.15, 0.2) is 11.0 Å². The molecule has 6 heteroatoms. The number of rotatable bonds is 2. The Kier molecular flexibility index (Phi) is 2.89. The molecule has 2 heterocycles. The number of hydrogen-bond donors (Lipinski definition) is 1. The maximum absolute atomic E-state index is 5.71. The largest absolute Gasteiger partial charge is 0.368 e. The summed E-state index contributed by atoms with van der Waals surface area (Å²) in [6, 6.07) is 8.19. The van der Waals surface area contributed by atoms with Crippen molar-refractivity contribution in [3.05, 3.63) is 29.6 Å². The van der Waals surface area contributed by atoms with E-state index in [1.165, 1.54) is 16.5 Å². The molecule has 3 aromatic rings. The summed E-state index contributed by atoms with van der Waals surface area (Å²) in [4.78, 5) is 12.7. The van der Waals surface area contributed by atoms with Gasteiger partial charge in [-0.2, -0.15) is 9.97 Å². The van der Waals surface area contributed by atoms with Crippen molar-refractivity contribution in [3.63, 3.8) is 0 Å². The first kappa shape index (κ1) is 11.4. The zero-order chi connectivity index (χ0) is 12.5. The molecule has 0 aliphatic heterocycles.